The molecule has 2 aliphatic rings. The number of pyridine rings is 1. The standard InChI is InChI=1S/C23H27F2N3O4/c1-14(26-15(2)29)16-4-6-18(7-5-16)32-19-11-28(12-19)20-8-9-21(27-22(20)30-3)31-13-17-10-23(17,24)25/h4-9,14,17,19H,10-13H2,1-3H3,(H,26,29)/t14-,17?/m0/s1. The number of halogens is 2. The van der Waals surface area contributed by atoms with Crippen molar-refractivity contribution in [3.8, 4) is 17.5 Å². The Balaban J connectivity index is 1.28. The Morgan fingerprint density at radius 2 is 1.94 bits per heavy atom. The predicted octanol–water partition coefficient (Wildman–Crippen LogP) is 3.59. The van der Waals surface area contributed by atoms with Crippen LogP contribution in [0.5, 0.6) is 17.5 Å². The summed E-state index contributed by atoms with van der Waals surface area (Å²) in [5.74, 6) is -1.98. The third-order valence-electron chi connectivity index (χ3n) is 5.69. The second-order valence-corrected chi connectivity index (χ2v) is 8.29. The number of benzene rings is 1. The van der Waals surface area contributed by atoms with Crippen molar-refractivity contribution in [2.24, 2.45) is 5.92 Å². The minimum Gasteiger partial charge on any atom is -0.487 e. The normalized spacial score (nSPS) is 20.2. The van der Waals surface area contributed by atoms with Gasteiger partial charge < -0.3 is 24.4 Å². The first-order valence-corrected chi connectivity index (χ1v) is 10.6. The van der Waals surface area contributed by atoms with Gasteiger partial charge in [-0.25, -0.2) is 8.78 Å². The van der Waals surface area contributed by atoms with E-state index >= 15 is 0 Å². The molecule has 1 unspecified atom stereocenters. The molecule has 4 rings (SSSR count). The van der Waals surface area contributed by atoms with Gasteiger partial charge in [0.25, 0.3) is 5.92 Å². The highest BCUT2D eigenvalue weighted by Gasteiger charge is 2.57. The zero-order chi connectivity index (χ0) is 22.9. The number of amides is 1. The van der Waals surface area contributed by atoms with Gasteiger partial charge in [0, 0.05) is 19.4 Å². The van der Waals surface area contributed by atoms with Crippen molar-refractivity contribution >= 4 is 11.6 Å². The molecule has 1 aliphatic carbocycles. The second kappa shape index (κ2) is 8.80. The number of carbonyl (C=O) groups excluding carboxylic acids is 1. The molecule has 0 bridgehead atoms. The number of hydrogen-bond donors (Lipinski definition) is 1. The van der Waals surface area contributed by atoms with Gasteiger partial charge in [-0.3, -0.25) is 4.79 Å². The van der Waals surface area contributed by atoms with Crippen molar-refractivity contribution in [2.75, 3.05) is 31.7 Å². The molecule has 2 atom stereocenters. The van der Waals surface area contributed by atoms with Crippen LogP contribution in [0.1, 0.15) is 31.9 Å². The van der Waals surface area contributed by atoms with Crippen LogP contribution in [-0.4, -0.2) is 49.7 Å². The molecule has 9 heteroatoms. The highest BCUT2D eigenvalue weighted by atomic mass is 19.3. The van der Waals surface area contributed by atoms with Gasteiger partial charge in [0.05, 0.1) is 38.8 Å². The lowest BCUT2D eigenvalue weighted by Gasteiger charge is -2.40. The molecule has 1 saturated heterocycles. The SMILES string of the molecule is COc1nc(OCC2CC2(F)F)ccc1N1CC(Oc2ccc([C@H](C)NC(C)=O)cc2)C1. The summed E-state index contributed by atoms with van der Waals surface area (Å²) in [7, 11) is 1.52. The van der Waals surface area contributed by atoms with E-state index in [1.54, 1.807) is 6.07 Å². The van der Waals surface area contributed by atoms with Crippen LogP contribution in [0.15, 0.2) is 36.4 Å². The molecule has 1 aromatic heterocycles. The summed E-state index contributed by atoms with van der Waals surface area (Å²) in [5.41, 5.74) is 1.81. The van der Waals surface area contributed by atoms with Gasteiger partial charge in [0.15, 0.2) is 0 Å². The van der Waals surface area contributed by atoms with Crippen LogP contribution in [0, 0.1) is 5.92 Å². The van der Waals surface area contributed by atoms with Gasteiger partial charge in [-0.2, -0.15) is 4.98 Å². The number of alkyl halides is 2. The Hall–Kier alpha value is -3.10. The number of nitrogens with zero attached hydrogens (tertiary/aromatic N) is 2. The summed E-state index contributed by atoms with van der Waals surface area (Å²) >= 11 is 0. The van der Waals surface area contributed by atoms with E-state index in [1.807, 2.05) is 37.3 Å². The summed E-state index contributed by atoms with van der Waals surface area (Å²) in [5, 5.41) is 2.85. The first-order valence-electron chi connectivity index (χ1n) is 10.6. The minimum atomic E-state index is -2.61. The number of carbonyl (C=O) groups is 1. The van der Waals surface area contributed by atoms with Gasteiger partial charge >= 0.3 is 0 Å². The zero-order valence-corrected chi connectivity index (χ0v) is 18.3. The Labute approximate surface area is 185 Å². The van der Waals surface area contributed by atoms with Crippen molar-refractivity contribution in [1.29, 1.82) is 0 Å². The Bertz CT molecular complexity index is 964. The van der Waals surface area contributed by atoms with E-state index < -0.39 is 11.8 Å². The first-order chi connectivity index (χ1) is 15.2. The number of aromatic nitrogens is 1. The lowest BCUT2D eigenvalue weighted by Crippen LogP contribution is -2.54. The predicted molar refractivity (Wildman–Crippen MR) is 115 cm³/mol. The first kappa shape index (κ1) is 22.1. The Morgan fingerprint density at radius 3 is 2.53 bits per heavy atom. The fraction of sp³-hybridized carbons (Fsp3) is 0.478. The smallest absolute Gasteiger partial charge is 0.255 e. The molecule has 2 heterocycles. The van der Waals surface area contributed by atoms with Crippen LogP contribution in [0.3, 0.4) is 0 Å². The molecule has 0 radical (unpaired) electrons. The molecule has 1 amide bonds. The van der Waals surface area contributed by atoms with Crippen LogP contribution < -0.4 is 24.4 Å². The molecule has 0 spiro atoms. The Kier molecular flexibility index (Phi) is 6.08. The monoisotopic (exact) mass is 447 g/mol. The molecule has 1 aliphatic heterocycles. The molecule has 1 N–H and O–H groups in total. The number of ether oxygens (including phenoxy) is 3. The molecular formula is C23H27F2N3O4. The van der Waals surface area contributed by atoms with Crippen molar-refractivity contribution in [1.82, 2.24) is 10.3 Å². The van der Waals surface area contributed by atoms with Gasteiger partial charge in [-0.15, -0.1) is 0 Å². The van der Waals surface area contributed by atoms with Gasteiger partial charge in [0.1, 0.15) is 17.5 Å². The summed E-state index contributed by atoms with van der Waals surface area (Å²) < 4.78 is 42.8. The van der Waals surface area contributed by atoms with E-state index in [-0.39, 0.29) is 37.0 Å². The fourth-order valence-corrected chi connectivity index (χ4v) is 3.65. The van der Waals surface area contributed by atoms with E-state index in [2.05, 4.69) is 15.2 Å². The summed E-state index contributed by atoms with van der Waals surface area (Å²) in [4.78, 5) is 17.6. The number of nitrogens with one attached hydrogen (secondary N) is 1. The van der Waals surface area contributed by atoms with E-state index in [0.29, 0.717) is 19.0 Å². The van der Waals surface area contributed by atoms with Gasteiger partial charge in [-0.05, 0) is 30.7 Å². The third kappa shape index (κ3) is 5.03. The minimum absolute atomic E-state index is 0.0198. The van der Waals surface area contributed by atoms with Gasteiger partial charge in [-0.1, -0.05) is 12.1 Å². The van der Waals surface area contributed by atoms with Crippen LogP contribution in [0.25, 0.3) is 0 Å². The molecule has 2 aromatic rings. The van der Waals surface area contributed by atoms with Crippen molar-refractivity contribution < 1.29 is 27.8 Å². The zero-order valence-electron chi connectivity index (χ0n) is 18.3. The van der Waals surface area contributed by atoms with Gasteiger partial charge in [0.2, 0.25) is 17.7 Å². The van der Waals surface area contributed by atoms with Crippen LogP contribution in [0.4, 0.5) is 14.5 Å². The number of hydrogen-bond acceptors (Lipinski definition) is 6. The molecule has 7 nitrogen and oxygen atoms in total. The highest BCUT2D eigenvalue weighted by molar-refractivity contribution is 5.73. The average Bonchev–Trinajstić information content (AvgIpc) is 3.35. The largest absolute Gasteiger partial charge is 0.487 e. The van der Waals surface area contributed by atoms with Crippen molar-refractivity contribution in [2.45, 2.75) is 38.3 Å². The van der Waals surface area contributed by atoms with E-state index in [9.17, 15) is 13.6 Å². The number of anilines is 1. The van der Waals surface area contributed by atoms with Crippen LogP contribution in [0.2, 0.25) is 0 Å². The maximum atomic E-state index is 13.0. The second-order valence-electron chi connectivity index (χ2n) is 8.29. The Morgan fingerprint density at radius 1 is 1.25 bits per heavy atom. The van der Waals surface area contributed by atoms with E-state index in [1.165, 1.54) is 14.0 Å². The number of methoxy groups -OCH3 is 1. The summed E-state index contributed by atoms with van der Waals surface area (Å²) in [6.45, 7) is 4.70. The fourth-order valence-electron chi connectivity index (χ4n) is 3.65. The maximum absolute atomic E-state index is 13.0. The van der Waals surface area contributed by atoms with Crippen molar-refractivity contribution in [3.05, 3.63) is 42.0 Å². The summed E-state index contributed by atoms with van der Waals surface area (Å²) in [6.07, 6.45) is -0.111. The van der Waals surface area contributed by atoms with Crippen LogP contribution >= 0.6 is 0 Å². The topological polar surface area (TPSA) is 72.9 Å². The molecule has 172 valence electrons. The lowest BCUT2D eigenvalue weighted by atomic mass is 10.1. The highest BCUT2D eigenvalue weighted by Crippen LogP contribution is 2.48. The quantitative estimate of drug-likeness (QED) is 0.634. The number of rotatable bonds is 9. The molecule has 32 heavy (non-hydrogen) atoms. The maximum Gasteiger partial charge on any atom is 0.255 e. The van der Waals surface area contributed by atoms with Crippen molar-refractivity contribution in [3.63, 3.8) is 0 Å². The summed E-state index contributed by atoms with van der Waals surface area (Å²) in [6, 6.07) is 11.1. The van der Waals surface area contributed by atoms with E-state index in [0.717, 1.165) is 17.0 Å². The third-order valence-corrected chi connectivity index (χ3v) is 5.69. The van der Waals surface area contributed by atoms with E-state index in [4.69, 9.17) is 14.2 Å². The lowest BCUT2D eigenvalue weighted by molar-refractivity contribution is -0.119. The molecule has 1 aromatic carbocycles. The molecule has 2 fully saturated rings. The molecule has 1 saturated carbocycles. The average molecular weight is 447 g/mol. The molecular weight excluding hydrogens is 420 g/mol. The van der Waals surface area contributed by atoms with Crippen LogP contribution in [-0.2, 0) is 4.79 Å².